The Bertz CT molecular complexity index is 1010. The first-order chi connectivity index (χ1) is 16.5. The second-order valence-corrected chi connectivity index (χ2v) is 8.33. The minimum absolute atomic E-state index is 0.0136. The van der Waals surface area contributed by atoms with Gasteiger partial charge in [0.2, 0.25) is 0 Å². The molecule has 1 aliphatic rings. The third-order valence-electron chi connectivity index (χ3n) is 6.13. The standard InChI is InChI=1S/C26H32N2O6/c1-32-20-13-14-23(33-2)21(16-20)18-11-9-17(10-12-18)15-22(26(30)31)27-25(29)24(28-34-3)19-7-5-4-6-8-19/h9-14,16,19,22H,4-8,15H2,1-3H3,(H,27,29)(H,30,31)/t22-/m0/s1. The second kappa shape index (κ2) is 12.1. The van der Waals surface area contributed by atoms with Crippen LogP contribution >= 0.6 is 0 Å². The highest BCUT2D eigenvalue weighted by molar-refractivity contribution is 6.39. The number of carbonyl (C=O) groups excluding carboxylic acids is 1. The van der Waals surface area contributed by atoms with Crippen molar-refractivity contribution in [2.45, 2.75) is 44.6 Å². The molecule has 8 heteroatoms. The normalized spacial score (nSPS) is 15.3. The van der Waals surface area contributed by atoms with Crippen LogP contribution in [-0.4, -0.2) is 50.1 Å². The molecule has 1 amide bonds. The van der Waals surface area contributed by atoms with Gasteiger partial charge in [0.15, 0.2) is 0 Å². The number of carboxylic acids is 1. The van der Waals surface area contributed by atoms with Crippen LogP contribution in [0.2, 0.25) is 0 Å². The van der Waals surface area contributed by atoms with E-state index in [0.717, 1.165) is 48.8 Å². The van der Waals surface area contributed by atoms with E-state index in [1.165, 1.54) is 7.11 Å². The molecular formula is C26H32N2O6. The molecule has 2 aromatic rings. The van der Waals surface area contributed by atoms with E-state index in [9.17, 15) is 14.7 Å². The van der Waals surface area contributed by atoms with Gasteiger partial charge in [-0.3, -0.25) is 4.79 Å². The molecule has 182 valence electrons. The molecule has 1 saturated carbocycles. The van der Waals surface area contributed by atoms with Crippen LogP contribution in [0.25, 0.3) is 11.1 Å². The van der Waals surface area contributed by atoms with Gasteiger partial charge in [-0.05, 0) is 42.2 Å². The number of carbonyl (C=O) groups is 2. The molecule has 0 heterocycles. The number of rotatable bonds is 10. The zero-order valence-corrected chi connectivity index (χ0v) is 19.9. The predicted molar refractivity (Wildman–Crippen MR) is 129 cm³/mol. The Labute approximate surface area is 199 Å². The number of hydrogen-bond donors (Lipinski definition) is 2. The number of oxime groups is 1. The number of ether oxygens (including phenoxy) is 2. The SMILES string of the molecule is CON=C(C(=O)N[C@@H](Cc1ccc(-c2cc(OC)ccc2OC)cc1)C(=O)O)C1CCCCC1. The summed E-state index contributed by atoms with van der Waals surface area (Å²) in [6.45, 7) is 0. The van der Waals surface area contributed by atoms with Gasteiger partial charge in [0.1, 0.15) is 30.4 Å². The smallest absolute Gasteiger partial charge is 0.326 e. The summed E-state index contributed by atoms with van der Waals surface area (Å²) in [4.78, 5) is 29.7. The van der Waals surface area contributed by atoms with Crippen molar-refractivity contribution in [2.75, 3.05) is 21.3 Å². The molecule has 0 saturated heterocycles. The molecule has 1 atom stereocenters. The highest BCUT2D eigenvalue weighted by Crippen LogP contribution is 2.33. The topological polar surface area (TPSA) is 106 Å². The molecule has 0 bridgehead atoms. The summed E-state index contributed by atoms with van der Waals surface area (Å²) in [7, 11) is 4.60. The lowest BCUT2D eigenvalue weighted by Gasteiger charge is -2.23. The molecule has 2 aromatic carbocycles. The number of benzene rings is 2. The molecule has 34 heavy (non-hydrogen) atoms. The number of methoxy groups -OCH3 is 2. The van der Waals surface area contributed by atoms with Crippen molar-refractivity contribution in [1.29, 1.82) is 0 Å². The number of nitrogens with one attached hydrogen (secondary N) is 1. The summed E-state index contributed by atoms with van der Waals surface area (Å²) in [5.74, 6) is -0.191. The minimum atomic E-state index is -1.10. The Balaban J connectivity index is 1.74. The van der Waals surface area contributed by atoms with Crippen LogP contribution < -0.4 is 14.8 Å². The Morgan fingerprint density at radius 2 is 1.74 bits per heavy atom. The first kappa shape index (κ1) is 25.1. The van der Waals surface area contributed by atoms with Crippen LogP contribution in [0.5, 0.6) is 11.5 Å². The van der Waals surface area contributed by atoms with E-state index in [1.807, 2.05) is 42.5 Å². The lowest BCUT2D eigenvalue weighted by molar-refractivity contribution is -0.141. The van der Waals surface area contributed by atoms with Crippen LogP contribution in [0, 0.1) is 5.92 Å². The predicted octanol–water partition coefficient (Wildman–Crippen LogP) is 4.07. The third-order valence-corrected chi connectivity index (χ3v) is 6.13. The van der Waals surface area contributed by atoms with Gasteiger partial charge >= 0.3 is 5.97 Å². The van der Waals surface area contributed by atoms with E-state index in [-0.39, 0.29) is 18.1 Å². The zero-order chi connectivity index (χ0) is 24.5. The van der Waals surface area contributed by atoms with Gasteiger partial charge in [0, 0.05) is 17.9 Å². The summed E-state index contributed by atoms with van der Waals surface area (Å²) in [5, 5.41) is 16.3. The summed E-state index contributed by atoms with van der Waals surface area (Å²) >= 11 is 0. The van der Waals surface area contributed by atoms with Gasteiger partial charge in [-0.2, -0.15) is 0 Å². The monoisotopic (exact) mass is 468 g/mol. The molecule has 0 aliphatic heterocycles. The molecule has 8 nitrogen and oxygen atoms in total. The summed E-state index contributed by atoms with van der Waals surface area (Å²) in [6.07, 6.45) is 5.02. The lowest BCUT2D eigenvalue weighted by Crippen LogP contribution is -2.47. The fraction of sp³-hybridized carbons (Fsp3) is 0.423. The average molecular weight is 469 g/mol. The van der Waals surface area contributed by atoms with Gasteiger partial charge in [0.05, 0.1) is 14.2 Å². The molecule has 1 fully saturated rings. The van der Waals surface area contributed by atoms with Crippen molar-refractivity contribution in [3.8, 4) is 22.6 Å². The summed E-state index contributed by atoms with van der Waals surface area (Å²) in [6, 6.07) is 11.9. The summed E-state index contributed by atoms with van der Waals surface area (Å²) in [5.41, 5.74) is 2.82. The van der Waals surface area contributed by atoms with E-state index >= 15 is 0 Å². The fourth-order valence-corrected chi connectivity index (χ4v) is 4.30. The maximum Gasteiger partial charge on any atom is 0.326 e. The van der Waals surface area contributed by atoms with Crippen molar-refractivity contribution >= 4 is 17.6 Å². The van der Waals surface area contributed by atoms with E-state index in [4.69, 9.17) is 14.3 Å². The Morgan fingerprint density at radius 3 is 2.32 bits per heavy atom. The fourth-order valence-electron chi connectivity index (χ4n) is 4.30. The lowest BCUT2D eigenvalue weighted by atomic mass is 9.85. The highest BCUT2D eigenvalue weighted by atomic mass is 16.6. The van der Waals surface area contributed by atoms with Crippen LogP contribution in [0.4, 0.5) is 0 Å². The molecule has 2 N–H and O–H groups in total. The molecule has 0 spiro atoms. The van der Waals surface area contributed by atoms with Crippen molar-refractivity contribution in [3.05, 3.63) is 48.0 Å². The number of nitrogens with zero attached hydrogens (tertiary/aromatic N) is 1. The largest absolute Gasteiger partial charge is 0.497 e. The molecule has 1 aliphatic carbocycles. The van der Waals surface area contributed by atoms with Gasteiger partial charge < -0.3 is 24.7 Å². The highest BCUT2D eigenvalue weighted by Gasteiger charge is 2.29. The van der Waals surface area contributed by atoms with Crippen molar-refractivity contribution < 1.29 is 29.0 Å². The maximum atomic E-state index is 12.9. The van der Waals surface area contributed by atoms with E-state index in [0.29, 0.717) is 11.5 Å². The average Bonchev–Trinajstić information content (AvgIpc) is 2.87. The second-order valence-electron chi connectivity index (χ2n) is 8.33. The maximum absolute atomic E-state index is 12.9. The van der Waals surface area contributed by atoms with Crippen LogP contribution in [0.1, 0.15) is 37.7 Å². The first-order valence-corrected chi connectivity index (χ1v) is 11.4. The van der Waals surface area contributed by atoms with Gasteiger partial charge in [-0.25, -0.2) is 4.79 Å². The van der Waals surface area contributed by atoms with Crippen molar-refractivity contribution in [3.63, 3.8) is 0 Å². The Hall–Kier alpha value is -3.55. The van der Waals surface area contributed by atoms with E-state index < -0.39 is 17.9 Å². The van der Waals surface area contributed by atoms with E-state index in [1.54, 1.807) is 14.2 Å². The van der Waals surface area contributed by atoms with Crippen molar-refractivity contribution in [1.82, 2.24) is 5.32 Å². The molecular weight excluding hydrogens is 436 g/mol. The number of aliphatic carboxylic acids is 1. The summed E-state index contributed by atoms with van der Waals surface area (Å²) < 4.78 is 10.8. The Morgan fingerprint density at radius 1 is 1.03 bits per heavy atom. The van der Waals surface area contributed by atoms with Crippen molar-refractivity contribution in [2.24, 2.45) is 11.1 Å². The van der Waals surface area contributed by atoms with Crippen LogP contribution in [0.15, 0.2) is 47.6 Å². The minimum Gasteiger partial charge on any atom is -0.497 e. The van der Waals surface area contributed by atoms with Crippen LogP contribution in [0.3, 0.4) is 0 Å². The van der Waals surface area contributed by atoms with Gasteiger partial charge in [-0.1, -0.05) is 48.7 Å². The Kier molecular flexibility index (Phi) is 8.90. The number of amides is 1. The van der Waals surface area contributed by atoms with Gasteiger partial charge in [0.25, 0.3) is 5.91 Å². The van der Waals surface area contributed by atoms with E-state index in [2.05, 4.69) is 10.5 Å². The number of hydrogen-bond acceptors (Lipinski definition) is 6. The zero-order valence-electron chi connectivity index (χ0n) is 19.9. The van der Waals surface area contributed by atoms with Gasteiger partial charge in [-0.15, -0.1) is 0 Å². The molecule has 0 aromatic heterocycles. The molecule has 0 unspecified atom stereocenters. The molecule has 0 radical (unpaired) electrons. The molecule has 3 rings (SSSR count). The quantitative estimate of drug-likeness (QED) is 0.402. The number of carboxylic acid groups (broad SMARTS) is 1. The van der Waals surface area contributed by atoms with Crippen LogP contribution in [-0.2, 0) is 20.8 Å². The first-order valence-electron chi connectivity index (χ1n) is 11.4. The third kappa shape index (κ3) is 6.27.